The van der Waals surface area contributed by atoms with E-state index in [1.807, 2.05) is 36.4 Å². The van der Waals surface area contributed by atoms with Crippen LogP contribution in [0.2, 0.25) is 0 Å². The second-order valence-electron chi connectivity index (χ2n) is 9.82. The molecule has 7 rings (SSSR count). The van der Waals surface area contributed by atoms with E-state index in [0.717, 1.165) is 47.9 Å². The van der Waals surface area contributed by atoms with Crippen LogP contribution in [0.25, 0.3) is 53.4 Å². The molecule has 0 atom stereocenters. The average Bonchev–Trinajstić information content (AvgIpc) is 3.75. The lowest BCUT2D eigenvalue weighted by Gasteiger charge is -2.17. The van der Waals surface area contributed by atoms with Crippen LogP contribution in [0.1, 0.15) is 0 Å². The highest BCUT2D eigenvalue weighted by Crippen LogP contribution is 2.55. The Labute approximate surface area is 270 Å². The van der Waals surface area contributed by atoms with Crippen molar-refractivity contribution >= 4 is 35.6 Å². The van der Waals surface area contributed by atoms with Crippen LogP contribution < -0.4 is 23.7 Å². The maximum atomic E-state index is 11.2. The first-order valence-corrected chi connectivity index (χ1v) is 15.6. The first-order chi connectivity index (χ1) is 22.6. The molecule has 0 saturated heterocycles. The van der Waals surface area contributed by atoms with Gasteiger partial charge in [0.2, 0.25) is 0 Å². The maximum Gasteiger partial charge on any atom is 0.298 e. The van der Waals surface area contributed by atoms with Gasteiger partial charge in [0.05, 0.1) is 39.6 Å². The number of methoxy groups -OCH3 is 1. The number of ether oxygens (including phenoxy) is 5. The SMILES string of the molecule is COc1ccc(-c2sc(-c3ccc(-c4ccnc(-c5cc(OC=O)cc(-c6cc(OC=O)ccn6)n5)c4)s3)c3c2OCCO3)cc1. The van der Waals surface area contributed by atoms with Gasteiger partial charge in [-0.15, -0.1) is 22.7 Å². The Morgan fingerprint density at radius 1 is 0.630 bits per heavy atom. The van der Waals surface area contributed by atoms with Gasteiger partial charge in [-0.2, -0.15) is 0 Å². The molecule has 0 fully saturated rings. The quantitative estimate of drug-likeness (QED) is 0.141. The van der Waals surface area contributed by atoms with Gasteiger partial charge in [0.25, 0.3) is 12.9 Å². The monoisotopic (exact) mass is 649 g/mol. The fourth-order valence-electron chi connectivity index (χ4n) is 4.96. The predicted molar refractivity (Wildman–Crippen MR) is 174 cm³/mol. The molecule has 228 valence electrons. The number of pyridine rings is 3. The van der Waals surface area contributed by atoms with Crippen LogP contribution in [-0.2, 0) is 9.59 Å². The Bertz CT molecular complexity index is 2060. The molecule has 6 aromatic rings. The van der Waals surface area contributed by atoms with E-state index < -0.39 is 0 Å². The van der Waals surface area contributed by atoms with Gasteiger partial charge in [0, 0.05) is 40.3 Å². The van der Waals surface area contributed by atoms with Gasteiger partial charge in [0.15, 0.2) is 11.5 Å². The molecule has 1 aliphatic rings. The molecule has 0 N–H and O–H groups in total. The number of hydrogen-bond acceptors (Lipinski definition) is 12. The highest BCUT2D eigenvalue weighted by molar-refractivity contribution is 7.25. The number of rotatable bonds is 10. The van der Waals surface area contributed by atoms with E-state index in [9.17, 15) is 9.59 Å². The van der Waals surface area contributed by atoms with Crippen molar-refractivity contribution in [2.24, 2.45) is 0 Å². The summed E-state index contributed by atoms with van der Waals surface area (Å²) in [6.07, 6.45) is 3.21. The lowest BCUT2D eigenvalue weighted by Crippen LogP contribution is -2.14. The van der Waals surface area contributed by atoms with Crippen molar-refractivity contribution in [1.82, 2.24) is 15.0 Å². The number of aromatic nitrogens is 3. The van der Waals surface area contributed by atoms with Gasteiger partial charge in [0.1, 0.15) is 30.5 Å². The molecule has 46 heavy (non-hydrogen) atoms. The molecule has 6 heterocycles. The molecule has 0 spiro atoms. The van der Waals surface area contributed by atoms with Gasteiger partial charge in [-0.25, -0.2) is 4.98 Å². The van der Waals surface area contributed by atoms with Gasteiger partial charge < -0.3 is 23.7 Å². The highest BCUT2D eigenvalue weighted by Gasteiger charge is 2.27. The van der Waals surface area contributed by atoms with Crippen LogP contribution in [0.3, 0.4) is 0 Å². The van der Waals surface area contributed by atoms with Gasteiger partial charge in [-0.05, 0) is 65.7 Å². The van der Waals surface area contributed by atoms with E-state index in [0.29, 0.717) is 54.7 Å². The van der Waals surface area contributed by atoms with Crippen LogP contribution in [0.4, 0.5) is 0 Å². The molecular formula is C34H23N3O7S2. The molecule has 0 unspecified atom stereocenters. The van der Waals surface area contributed by atoms with Crippen LogP contribution in [0, 0.1) is 0 Å². The minimum atomic E-state index is 0.265. The molecule has 5 aromatic heterocycles. The summed E-state index contributed by atoms with van der Waals surface area (Å²) in [4.78, 5) is 39.8. The van der Waals surface area contributed by atoms with Gasteiger partial charge in [-0.3, -0.25) is 19.6 Å². The Morgan fingerprint density at radius 3 is 1.98 bits per heavy atom. The van der Waals surface area contributed by atoms with Crippen molar-refractivity contribution in [3.05, 3.63) is 85.2 Å². The van der Waals surface area contributed by atoms with Crippen molar-refractivity contribution in [2.75, 3.05) is 20.3 Å². The molecule has 10 nitrogen and oxygen atoms in total. The second-order valence-corrected chi connectivity index (χ2v) is 11.9. The summed E-state index contributed by atoms with van der Waals surface area (Å²) in [5.74, 6) is 2.87. The summed E-state index contributed by atoms with van der Waals surface area (Å²) in [6, 6.07) is 22.2. The molecule has 0 saturated carbocycles. The lowest BCUT2D eigenvalue weighted by molar-refractivity contribution is -0.121. The zero-order chi connectivity index (χ0) is 31.5. The molecule has 0 bridgehead atoms. The summed E-state index contributed by atoms with van der Waals surface area (Å²) in [5, 5.41) is 0. The Hall–Kier alpha value is -5.59. The largest absolute Gasteiger partial charge is 0.497 e. The highest BCUT2D eigenvalue weighted by atomic mass is 32.1. The fourth-order valence-corrected chi connectivity index (χ4v) is 7.26. The molecule has 0 radical (unpaired) electrons. The van der Waals surface area contributed by atoms with E-state index in [4.69, 9.17) is 28.7 Å². The third-order valence-electron chi connectivity index (χ3n) is 7.05. The minimum absolute atomic E-state index is 0.265. The van der Waals surface area contributed by atoms with Gasteiger partial charge >= 0.3 is 0 Å². The zero-order valence-corrected chi connectivity index (χ0v) is 25.8. The minimum Gasteiger partial charge on any atom is -0.497 e. The summed E-state index contributed by atoms with van der Waals surface area (Å²) < 4.78 is 27.7. The summed E-state index contributed by atoms with van der Waals surface area (Å²) in [5.41, 5.74) is 3.84. The number of carbonyl (C=O) groups excluding carboxylic acids is 2. The zero-order valence-electron chi connectivity index (χ0n) is 24.2. The van der Waals surface area contributed by atoms with Crippen LogP contribution in [-0.4, -0.2) is 48.2 Å². The van der Waals surface area contributed by atoms with Crippen LogP contribution in [0.15, 0.2) is 85.2 Å². The first kappa shape index (κ1) is 29.1. The first-order valence-electron chi connectivity index (χ1n) is 14.0. The number of hydrogen-bond donors (Lipinski definition) is 0. The second kappa shape index (κ2) is 12.8. The number of thiophene rings is 2. The molecule has 1 aliphatic heterocycles. The number of benzene rings is 1. The van der Waals surface area contributed by atoms with E-state index in [2.05, 4.69) is 22.1 Å². The summed E-state index contributed by atoms with van der Waals surface area (Å²) >= 11 is 3.27. The third-order valence-corrected chi connectivity index (χ3v) is 9.56. The summed E-state index contributed by atoms with van der Waals surface area (Å²) in [7, 11) is 1.65. The Morgan fingerprint density at radius 2 is 1.26 bits per heavy atom. The summed E-state index contributed by atoms with van der Waals surface area (Å²) in [6.45, 7) is 1.65. The smallest absolute Gasteiger partial charge is 0.298 e. The van der Waals surface area contributed by atoms with Crippen LogP contribution in [0.5, 0.6) is 28.7 Å². The Kier molecular flexibility index (Phi) is 8.11. The predicted octanol–water partition coefficient (Wildman–Crippen LogP) is 7.18. The number of nitrogens with zero attached hydrogens (tertiary/aromatic N) is 3. The van der Waals surface area contributed by atoms with E-state index >= 15 is 0 Å². The molecular weight excluding hydrogens is 627 g/mol. The Balaban J connectivity index is 1.23. The van der Waals surface area contributed by atoms with Crippen molar-refractivity contribution in [3.63, 3.8) is 0 Å². The van der Waals surface area contributed by atoms with Crippen molar-refractivity contribution in [1.29, 1.82) is 0 Å². The average molecular weight is 650 g/mol. The molecule has 12 heteroatoms. The normalized spacial score (nSPS) is 11.9. The topological polar surface area (TPSA) is 119 Å². The fraction of sp³-hybridized carbons (Fsp3) is 0.0882. The van der Waals surface area contributed by atoms with E-state index in [-0.39, 0.29) is 5.75 Å². The van der Waals surface area contributed by atoms with Crippen molar-refractivity contribution in [3.8, 4) is 82.2 Å². The van der Waals surface area contributed by atoms with Crippen LogP contribution >= 0.6 is 22.7 Å². The molecule has 1 aromatic carbocycles. The number of fused-ring (bicyclic) bond motifs is 1. The van der Waals surface area contributed by atoms with E-state index in [1.165, 1.54) is 6.20 Å². The molecule has 0 aliphatic carbocycles. The van der Waals surface area contributed by atoms with Crippen molar-refractivity contribution < 1.29 is 33.3 Å². The third kappa shape index (κ3) is 5.78. The lowest BCUT2D eigenvalue weighted by atomic mass is 10.1. The van der Waals surface area contributed by atoms with Crippen molar-refractivity contribution in [2.45, 2.75) is 0 Å². The maximum absolute atomic E-state index is 11.2. The van der Waals surface area contributed by atoms with E-state index in [1.54, 1.807) is 60.2 Å². The standard InChI is InChI=1S/C34H23N3O7S2/c1-40-22-4-2-20(3-5-22)33-31-32(42-13-12-41-31)34(46-33)30-7-6-29(45-30)21-8-10-35-25(14-21)27-16-24(44-19-39)17-28(37-27)26-15-23(43-18-38)9-11-36-26/h2-11,14-19H,12-13H2,1H3. The number of carbonyl (C=O) groups is 2. The van der Waals surface area contributed by atoms with Gasteiger partial charge in [-0.1, -0.05) is 0 Å². The molecule has 0 amide bonds.